The van der Waals surface area contributed by atoms with Gasteiger partial charge in [-0.15, -0.1) is 5.10 Å². The number of hydrogen-bond acceptors (Lipinski definition) is 6. The average Bonchev–Trinajstić information content (AvgIpc) is 3.35. The van der Waals surface area contributed by atoms with Gasteiger partial charge in [-0.05, 0) is 77.9 Å². The molecular weight excluding hydrogens is 462 g/mol. The molecule has 0 saturated heterocycles. The highest BCUT2D eigenvalue weighted by Crippen LogP contribution is 2.34. The molecule has 0 bridgehead atoms. The fraction of sp³-hybridized carbons (Fsp3) is 0.483. The second-order valence-corrected chi connectivity index (χ2v) is 10.9. The van der Waals surface area contributed by atoms with Gasteiger partial charge in [-0.2, -0.15) is 0 Å². The zero-order valence-electron chi connectivity index (χ0n) is 22.3. The van der Waals surface area contributed by atoms with Gasteiger partial charge in [0.2, 0.25) is 0 Å². The molecule has 0 radical (unpaired) electrons. The van der Waals surface area contributed by atoms with Gasteiger partial charge >= 0.3 is 0 Å². The van der Waals surface area contributed by atoms with Crippen LogP contribution in [0.5, 0.6) is 0 Å². The first kappa shape index (κ1) is 25.3. The molecule has 1 N–H and O–H groups in total. The van der Waals surface area contributed by atoms with Gasteiger partial charge in [0, 0.05) is 41.9 Å². The van der Waals surface area contributed by atoms with Gasteiger partial charge in [0.1, 0.15) is 0 Å². The monoisotopic (exact) mass is 499 g/mol. The highest BCUT2D eigenvalue weighted by molar-refractivity contribution is 5.83. The molecule has 3 heterocycles. The smallest absolute Gasteiger partial charge is 0.252 e. The van der Waals surface area contributed by atoms with Crippen molar-refractivity contribution in [1.82, 2.24) is 35.1 Å². The summed E-state index contributed by atoms with van der Waals surface area (Å²) < 4.78 is 2.07. The summed E-state index contributed by atoms with van der Waals surface area (Å²) in [6, 6.07) is 10.6. The summed E-state index contributed by atoms with van der Waals surface area (Å²) in [6.07, 6.45) is 9.59. The third kappa shape index (κ3) is 5.49. The molecule has 0 unspecified atom stereocenters. The first-order chi connectivity index (χ1) is 17.9. The predicted octanol–water partition coefficient (Wildman–Crippen LogP) is 5.43. The van der Waals surface area contributed by atoms with E-state index >= 15 is 0 Å². The van der Waals surface area contributed by atoms with Crippen LogP contribution in [0.4, 0.5) is 0 Å². The largest absolute Gasteiger partial charge is 0.322 e. The second-order valence-electron chi connectivity index (χ2n) is 10.9. The van der Waals surface area contributed by atoms with E-state index in [1.54, 1.807) is 6.20 Å². The van der Waals surface area contributed by atoms with Crippen LogP contribution < -0.4 is 5.56 Å². The van der Waals surface area contributed by atoms with E-state index in [1.165, 1.54) is 19.3 Å². The van der Waals surface area contributed by atoms with Gasteiger partial charge in [0.05, 0.1) is 12.1 Å². The lowest BCUT2D eigenvalue weighted by molar-refractivity contribution is 0.121. The molecule has 194 valence electrons. The average molecular weight is 500 g/mol. The van der Waals surface area contributed by atoms with Crippen LogP contribution in [0.3, 0.4) is 0 Å². The molecule has 5 rings (SSSR count). The van der Waals surface area contributed by atoms with Gasteiger partial charge in [-0.1, -0.05) is 45.2 Å². The first-order valence-corrected chi connectivity index (χ1v) is 13.4. The summed E-state index contributed by atoms with van der Waals surface area (Å²) in [5.41, 5.74) is 4.96. The highest BCUT2D eigenvalue weighted by atomic mass is 16.1. The SMILES string of the molecule is Cc1cc(C)c2cc(CN(Cc3cccnc3)[C@@H](c3nnnn3C3CCCCC3)C(C)C)c(=O)[nH]c2c1. The molecule has 1 aliphatic rings. The molecule has 8 nitrogen and oxygen atoms in total. The second kappa shape index (κ2) is 10.9. The van der Waals surface area contributed by atoms with Crippen molar-refractivity contribution >= 4 is 10.9 Å². The minimum Gasteiger partial charge on any atom is -0.322 e. The Hall–Kier alpha value is -3.39. The Bertz CT molecular complexity index is 1400. The van der Waals surface area contributed by atoms with Crippen LogP contribution in [-0.2, 0) is 13.1 Å². The number of aromatic nitrogens is 6. The zero-order valence-corrected chi connectivity index (χ0v) is 22.3. The van der Waals surface area contributed by atoms with Gasteiger partial charge in [-0.3, -0.25) is 14.7 Å². The third-order valence-electron chi connectivity index (χ3n) is 7.60. The van der Waals surface area contributed by atoms with Crippen LogP contribution in [-0.4, -0.2) is 35.1 Å². The van der Waals surface area contributed by atoms with Crippen molar-refractivity contribution in [3.63, 3.8) is 0 Å². The molecule has 37 heavy (non-hydrogen) atoms. The number of aryl methyl sites for hydroxylation is 2. The fourth-order valence-electron chi connectivity index (χ4n) is 5.90. The molecule has 1 aromatic carbocycles. The standard InChI is InChI=1S/C29H37N7O/c1-19(2)27(28-32-33-34-36(28)24-10-6-5-7-11-24)35(17-22-9-8-12-30-16-22)18-23-15-25-21(4)13-20(3)14-26(25)31-29(23)37/h8-9,12-16,19,24,27H,5-7,10-11,17-18H2,1-4H3,(H,31,37)/t27-/m1/s1. The van der Waals surface area contributed by atoms with Gasteiger partial charge in [0.25, 0.3) is 5.56 Å². The Kier molecular flexibility index (Phi) is 7.46. The number of fused-ring (bicyclic) bond motifs is 1. The summed E-state index contributed by atoms with van der Waals surface area (Å²) >= 11 is 0. The Morgan fingerprint density at radius 1 is 1.11 bits per heavy atom. The number of benzene rings is 1. The fourth-order valence-corrected chi connectivity index (χ4v) is 5.90. The molecule has 8 heteroatoms. The van der Waals surface area contributed by atoms with E-state index in [0.717, 1.165) is 51.8 Å². The summed E-state index contributed by atoms with van der Waals surface area (Å²) in [7, 11) is 0. The van der Waals surface area contributed by atoms with Crippen LogP contribution >= 0.6 is 0 Å². The first-order valence-electron chi connectivity index (χ1n) is 13.4. The predicted molar refractivity (Wildman–Crippen MR) is 145 cm³/mol. The van der Waals surface area contributed by atoms with Gasteiger partial charge in [-0.25, -0.2) is 4.68 Å². The lowest BCUT2D eigenvalue weighted by Gasteiger charge is -2.35. The molecular formula is C29H37N7O. The molecule has 3 aromatic heterocycles. The van der Waals surface area contributed by atoms with Crippen LogP contribution in [0, 0.1) is 19.8 Å². The molecule has 0 aliphatic heterocycles. The molecule has 1 fully saturated rings. The number of aromatic amines is 1. The lowest BCUT2D eigenvalue weighted by Crippen LogP contribution is -2.36. The highest BCUT2D eigenvalue weighted by Gasteiger charge is 2.32. The number of nitrogens with one attached hydrogen (secondary N) is 1. The number of rotatable bonds is 8. The van der Waals surface area contributed by atoms with Crippen molar-refractivity contribution in [2.24, 2.45) is 5.92 Å². The molecule has 1 saturated carbocycles. The van der Waals surface area contributed by atoms with E-state index < -0.39 is 0 Å². The quantitative estimate of drug-likeness (QED) is 0.347. The summed E-state index contributed by atoms with van der Waals surface area (Å²) in [5.74, 6) is 1.11. The van der Waals surface area contributed by atoms with E-state index in [2.05, 4.69) is 81.0 Å². The molecule has 1 aliphatic carbocycles. The maximum absolute atomic E-state index is 13.3. The minimum atomic E-state index is -0.0636. The maximum Gasteiger partial charge on any atom is 0.252 e. The normalized spacial score (nSPS) is 15.6. The number of nitrogens with zero attached hydrogens (tertiary/aromatic N) is 6. The number of tetrazole rings is 1. The van der Waals surface area contributed by atoms with E-state index in [-0.39, 0.29) is 17.5 Å². The summed E-state index contributed by atoms with van der Waals surface area (Å²) in [5, 5.41) is 14.2. The molecule has 0 spiro atoms. The summed E-state index contributed by atoms with van der Waals surface area (Å²) in [6.45, 7) is 9.68. The van der Waals surface area contributed by atoms with Crippen molar-refractivity contribution in [1.29, 1.82) is 0 Å². The van der Waals surface area contributed by atoms with E-state index in [1.807, 2.05) is 18.3 Å². The number of H-pyrrole nitrogens is 1. The number of pyridine rings is 2. The zero-order chi connectivity index (χ0) is 25.9. The van der Waals surface area contributed by atoms with Gasteiger partial charge < -0.3 is 4.98 Å². The molecule has 4 aromatic rings. The lowest BCUT2D eigenvalue weighted by atomic mass is 9.94. The van der Waals surface area contributed by atoms with Crippen molar-refractivity contribution < 1.29 is 0 Å². The Balaban J connectivity index is 1.57. The van der Waals surface area contributed by atoms with Crippen LogP contribution in [0.2, 0.25) is 0 Å². The number of hydrogen-bond donors (Lipinski definition) is 1. The van der Waals surface area contributed by atoms with Crippen molar-refractivity contribution in [2.75, 3.05) is 0 Å². The summed E-state index contributed by atoms with van der Waals surface area (Å²) in [4.78, 5) is 23.1. The van der Waals surface area contributed by atoms with Crippen molar-refractivity contribution in [3.05, 3.63) is 81.2 Å². The topological polar surface area (TPSA) is 92.6 Å². The Morgan fingerprint density at radius 2 is 1.92 bits per heavy atom. The minimum absolute atomic E-state index is 0.0527. The van der Waals surface area contributed by atoms with Crippen LogP contribution in [0.25, 0.3) is 10.9 Å². The Morgan fingerprint density at radius 3 is 2.65 bits per heavy atom. The van der Waals surface area contributed by atoms with Gasteiger partial charge in [0.15, 0.2) is 5.82 Å². The Labute approximate surface area is 218 Å². The van der Waals surface area contributed by atoms with E-state index in [9.17, 15) is 4.79 Å². The molecule has 1 atom stereocenters. The van der Waals surface area contributed by atoms with Crippen molar-refractivity contribution in [3.8, 4) is 0 Å². The maximum atomic E-state index is 13.3. The molecule has 0 amide bonds. The van der Waals surface area contributed by atoms with Crippen LogP contribution in [0.15, 0.2) is 47.5 Å². The van der Waals surface area contributed by atoms with Crippen LogP contribution in [0.1, 0.15) is 86.1 Å². The van der Waals surface area contributed by atoms with E-state index in [0.29, 0.717) is 19.1 Å². The van der Waals surface area contributed by atoms with Crippen molar-refractivity contribution in [2.45, 2.75) is 85.0 Å². The van der Waals surface area contributed by atoms with E-state index in [4.69, 9.17) is 0 Å². The third-order valence-corrected chi connectivity index (χ3v) is 7.60.